The van der Waals surface area contributed by atoms with Crippen molar-refractivity contribution in [3.8, 4) is 0 Å². The fourth-order valence-corrected chi connectivity index (χ4v) is 1.93. The summed E-state index contributed by atoms with van der Waals surface area (Å²) >= 11 is 0. The summed E-state index contributed by atoms with van der Waals surface area (Å²) in [7, 11) is 0. The van der Waals surface area contributed by atoms with Gasteiger partial charge < -0.3 is 10.3 Å². The van der Waals surface area contributed by atoms with Gasteiger partial charge in [0.05, 0.1) is 0 Å². The summed E-state index contributed by atoms with van der Waals surface area (Å²) in [6.07, 6.45) is 2.80. The second-order valence-corrected chi connectivity index (χ2v) is 4.40. The molecule has 0 radical (unpaired) electrons. The molecule has 104 valence electrons. The van der Waals surface area contributed by atoms with Crippen LogP contribution in [0.4, 0.5) is 4.39 Å². The van der Waals surface area contributed by atoms with Crippen LogP contribution < -0.4 is 5.73 Å². The fraction of sp³-hybridized carbons (Fsp3) is 0.214. The summed E-state index contributed by atoms with van der Waals surface area (Å²) in [6.45, 7) is 0.391. The third-order valence-corrected chi connectivity index (χ3v) is 2.96. The maximum absolute atomic E-state index is 12.9. The van der Waals surface area contributed by atoms with Gasteiger partial charge in [0.25, 0.3) is 0 Å². The number of rotatable bonds is 6. The Morgan fingerprint density at radius 2 is 2.05 bits per heavy atom. The minimum atomic E-state index is -0.410. The highest BCUT2D eigenvalue weighted by Crippen LogP contribution is 2.12. The second kappa shape index (κ2) is 6.10. The summed E-state index contributed by atoms with van der Waals surface area (Å²) in [5, 5.41) is 0. The number of aromatic nitrogens is 2. The first-order chi connectivity index (χ1) is 9.60. The van der Waals surface area contributed by atoms with E-state index >= 15 is 0 Å². The van der Waals surface area contributed by atoms with Gasteiger partial charge in [-0.1, -0.05) is 12.1 Å². The van der Waals surface area contributed by atoms with Gasteiger partial charge in [-0.15, -0.1) is 0 Å². The van der Waals surface area contributed by atoms with Gasteiger partial charge in [-0.05, 0) is 24.1 Å². The van der Waals surface area contributed by atoms with Crippen LogP contribution in [0.5, 0.6) is 0 Å². The molecule has 20 heavy (non-hydrogen) atoms. The van der Waals surface area contributed by atoms with Crippen LogP contribution in [0.2, 0.25) is 0 Å². The SMILES string of the molecule is NC(=O)CCc1cnc(C=O)n1Cc1ccc(F)cc1. The van der Waals surface area contributed by atoms with Crippen molar-refractivity contribution in [2.45, 2.75) is 19.4 Å². The average Bonchev–Trinajstić information content (AvgIpc) is 2.81. The molecular formula is C14H14FN3O2. The van der Waals surface area contributed by atoms with Crippen molar-refractivity contribution in [2.75, 3.05) is 0 Å². The first kappa shape index (κ1) is 13.9. The number of aldehydes is 1. The first-order valence-electron chi connectivity index (χ1n) is 6.12. The van der Waals surface area contributed by atoms with E-state index in [1.807, 2.05) is 0 Å². The maximum Gasteiger partial charge on any atom is 0.217 e. The van der Waals surface area contributed by atoms with Gasteiger partial charge in [0.1, 0.15) is 5.82 Å². The zero-order valence-corrected chi connectivity index (χ0v) is 10.8. The number of carbonyl (C=O) groups excluding carboxylic acids is 2. The molecule has 6 heteroatoms. The molecule has 0 saturated heterocycles. The Bertz CT molecular complexity index is 620. The lowest BCUT2D eigenvalue weighted by Gasteiger charge is -2.09. The fourth-order valence-electron chi connectivity index (χ4n) is 1.93. The third-order valence-electron chi connectivity index (χ3n) is 2.96. The predicted molar refractivity (Wildman–Crippen MR) is 70.6 cm³/mol. The smallest absolute Gasteiger partial charge is 0.217 e. The molecule has 0 aliphatic carbocycles. The minimum Gasteiger partial charge on any atom is -0.370 e. The zero-order chi connectivity index (χ0) is 14.5. The normalized spacial score (nSPS) is 10.4. The van der Waals surface area contributed by atoms with Gasteiger partial charge in [0.15, 0.2) is 12.1 Å². The number of carbonyl (C=O) groups is 2. The largest absolute Gasteiger partial charge is 0.370 e. The molecule has 0 atom stereocenters. The highest BCUT2D eigenvalue weighted by Gasteiger charge is 2.10. The monoisotopic (exact) mass is 275 g/mol. The number of hydrogen-bond acceptors (Lipinski definition) is 3. The van der Waals surface area contributed by atoms with Crippen molar-refractivity contribution in [1.82, 2.24) is 9.55 Å². The van der Waals surface area contributed by atoms with E-state index in [4.69, 9.17) is 5.73 Å². The molecule has 1 amide bonds. The van der Waals surface area contributed by atoms with Crippen LogP contribution in [0.25, 0.3) is 0 Å². The molecule has 1 aromatic carbocycles. The van der Waals surface area contributed by atoms with Crippen molar-refractivity contribution in [2.24, 2.45) is 5.73 Å². The molecule has 0 aliphatic heterocycles. The number of imidazole rings is 1. The Balaban J connectivity index is 2.23. The molecular weight excluding hydrogens is 261 g/mol. The molecule has 0 spiro atoms. The lowest BCUT2D eigenvalue weighted by Crippen LogP contribution is -2.14. The molecule has 0 saturated carbocycles. The Morgan fingerprint density at radius 3 is 2.65 bits per heavy atom. The van der Waals surface area contributed by atoms with E-state index in [1.165, 1.54) is 12.1 Å². The number of nitrogens with two attached hydrogens (primary N) is 1. The Morgan fingerprint density at radius 1 is 1.35 bits per heavy atom. The quantitative estimate of drug-likeness (QED) is 0.807. The van der Waals surface area contributed by atoms with Gasteiger partial charge >= 0.3 is 0 Å². The summed E-state index contributed by atoms with van der Waals surface area (Å²) in [4.78, 5) is 25.8. The molecule has 0 unspecified atom stereocenters. The molecule has 1 heterocycles. The van der Waals surface area contributed by atoms with Crippen LogP contribution in [0.3, 0.4) is 0 Å². The van der Waals surface area contributed by atoms with E-state index in [1.54, 1.807) is 22.9 Å². The molecule has 0 fully saturated rings. The zero-order valence-electron chi connectivity index (χ0n) is 10.8. The molecule has 0 aliphatic rings. The lowest BCUT2D eigenvalue weighted by molar-refractivity contribution is -0.118. The van der Waals surface area contributed by atoms with Crippen LogP contribution >= 0.6 is 0 Å². The number of primary amides is 1. The van der Waals surface area contributed by atoms with E-state index in [2.05, 4.69) is 4.98 Å². The molecule has 2 rings (SSSR count). The van der Waals surface area contributed by atoms with E-state index in [-0.39, 0.29) is 18.1 Å². The first-order valence-corrected chi connectivity index (χ1v) is 6.12. The summed E-state index contributed by atoms with van der Waals surface area (Å²) in [6, 6.07) is 6.00. The minimum absolute atomic E-state index is 0.188. The summed E-state index contributed by atoms with van der Waals surface area (Å²) < 4.78 is 14.6. The van der Waals surface area contributed by atoms with Crippen molar-refractivity contribution < 1.29 is 14.0 Å². The Kier molecular flexibility index (Phi) is 4.24. The van der Waals surface area contributed by atoms with Gasteiger partial charge in [0, 0.05) is 24.9 Å². The van der Waals surface area contributed by atoms with Crippen LogP contribution in [-0.2, 0) is 17.8 Å². The average molecular weight is 275 g/mol. The van der Waals surface area contributed by atoms with E-state index in [0.29, 0.717) is 19.3 Å². The number of hydrogen-bond donors (Lipinski definition) is 1. The lowest BCUT2D eigenvalue weighted by atomic mass is 10.2. The van der Waals surface area contributed by atoms with Crippen molar-refractivity contribution >= 4 is 12.2 Å². The molecule has 2 N–H and O–H groups in total. The number of amides is 1. The highest BCUT2D eigenvalue weighted by molar-refractivity contribution is 5.74. The Hall–Kier alpha value is -2.50. The maximum atomic E-state index is 12.9. The predicted octanol–water partition coefficient (Wildman–Crippen LogP) is 1.30. The third kappa shape index (κ3) is 3.28. The van der Waals surface area contributed by atoms with Crippen LogP contribution in [0.1, 0.15) is 28.3 Å². The van der Waals surface area contributed by atoms with Gasteiger partial charge in [-0.3, -0.25) is 9.59 Å². The van der Waals surface area contributed by atoms with E-state index < -0.39 is 5.91 Å². The van der Waals surface area contributed by atoms with Gasteiger partial charge in [0.2, 0.25) is 5.91 Å². The molecule has 0 bridgehead atoms. The summed E-state index contributed by atoms with van der Waals surface area (Å²) in [5.41, 5.74) is 6.71. The van der Waals surface area contributed by atoms with Gasteiger partial charge in [-0.25, -0.2) is 9.37 Å². The molecule has 5 nitrogen and oxygen atoms in total. The standard InChI is InChI=1S/C14H14FN3O2/c15-11-3-1-10(2-4-11)8-18-12(5-6-13(16)20)7-17-14(18)9-19/h1-4,7,9H,5-6,8H2,(H2,16,20). The number of aryl methyl sites for hydroxylation is 1. The topological polar surface area (TPSA) is 78.0 Å². The number of halogens is 1. The van der Waals surface area contributed by atoms with Crippen molar-refractivity contribution in [1.29, 1.82) is 0 Å². The molecule has 1 aromatic heterocycles. The second-order valence-electron chi connectivity index (χ2n) is 4.40. The number of nitrogens with zero attached hydrogens (tertiary/aromatic N) is 2. The number of benzene rings is 1. The van der Waals surface area contributed by atoms with Gasteiger partial charge in [-0.2, -0.15) is 0 Å². The summed E-state index contributed by atoms with van der Waals surface area (Å²) in [5.74, 6) is -0.454. The van der Waals surface area contributed by atoms with E-state index in [0.717, 1.165) is 11.3 Å². The Labute approximate surface area is 115 Å². The van der Waals surface area contributed by atoms with Crippen molar-refractivity contribution in [3.05, 3.63) is 53.4 Å². The van der Waals surface area contributed by atoms with Crippen LogP contribution in [-0.4, -0.2) is 21.7 Å². The van der Waals surface area contributed by atoms with Crippen LogP contribution in [0, 0.1) is 5.82 Å². The van der Waals surface area contributed by atoms with Crippen molar-refractivity contribution in [3.63, 3.8) is 0 Å². The van der Waals surface area contributed by atoms with E-state index in [9.17, 15) is 14.0 Å². The molecule has 2 aromatic rings. The highest BCUT2D eigenvalue weighted by atomic mass is 19.1. The van der Waals surface area contributed by atoms with Crippen LogP contribution in [0.15, 0.2) is 30.5 Å².